The van der Waals surface area contributed by atoms with Crippen molar-refractivity contribution in [2.45, 2.75) is 39.7 Å². The SMILES string of the molecule is COc1ccc(-c2ccc(-c3nc(C)c(C)n3CC3CCN(C(=O)C4CC4)C3)cc2)c(Cl)c1. The van der Waals surface area contributed by atoms with Crippen LogP contribution in [0.4, 0.5) is 0 Å². The van der Waals surface area contributed by atoms with Gasteiger partial charge in [-0.3, -0.25) is 4.79 Å². The number of hydrogen-bond acceptors (Lipinski definition) is 3. The van der Waals surface area contributed by atoms with Gasteiger partial charge in [0.1, 0.15) is 11.6 Å². The van der Waals surface area contributed by atoms with Crippen LogP contribution in [-0.4, -0.2) is 40.6 Å². The van der Waals surface area contributed by atoms with E-state index in [0.29, 0.717) is 22.8 Å². The molecule has 0 bridgehead atoms. The zero-order chi connectivity index (χ0) is 23.1. The van der Waals surface area contributed by atoms with Gasteiger partial charge >= 0.3 is 0 Å². The summed E-state index contributed by atoms with van der Waals surface area (Å²) in [6.45, 7) is 6.85. The van der Waals surface area contributed by atoms with E-state index in [0.717, 1.165) is 72.9 Å². The number of likely N-dealkylation sites (tertiary alicyclic amines) is 1. The molecule has 1 aliphatic heterocycles. The van der Waals surface area contributed by atoms with Crippen LogP contribution in [-0.2, 0) is 11.3 Å². The van der Waals surface area contributed by atoms with Gasteiger partial charge in [-0.15, -0.1) is 0 Å². The third-order valence-electron chi connectivity index (χ3n) is 7.05. The third-order valence-corrected chi connectivity index (χ3v) is 7.37. The molecule has 1 amide bonds. The van der Waals surface area contributed by atoms with Crippen molar-refractivity contribution in [2.75, 3.05) is 20.2 Å². The number of imidazole rings is 1. The van der Waals surface area contributed by atoms with E-state index >= 15 is 0 Å². The van der Waals surface area contributed by atoms with Crippen LogP contribution >= 0.6 is 11.6 Å². The molecule has 1 aliphatic carbocycles. The predicted molar refractivity (Wildman–Crippen MR) is 132 cm³/mol. The lowest BCUT2D eigenvalue weighted by Gasteiger charge is -2.18. The molecule has 2 fully saturated rings. The smallest absolute Gasteiger partial charge is 0.225 e. The van der Waals surface area contributed by atoms with E-state index in [2.05, 4.69) is 47.6 Å². The molecule has 0 radical (unpaired) electrons. The highest BCUT2D eigenvalue weighted by Gasteiger charge is 2.36. The van der Waals surface area contributed by atoms with Crippen LogP contribution in [0.25, 0.3) is 22.5 Å². The van der Waals surface area contributed by atoms with Gasteiger partial charge < -0.3 is 14.2 Å². The molecule has 2 aromatic carbocycles. The Kier molecular flexibility index (Phi) is 5.92. The van der Waals surface area contributed by atoms with E-state index in [-0.39, 0.29) is 0 Å². The second kappa shape index (κ2) is 8.86. The van der Waals surface area contributed by atoms with Crippen LogP contribution in [0.2, 0.25) is 5.02 Å². The summed E-state index contributed by atoms with van der Waals surface area (Å²) in [5.41, 5.74) is 5.37. The Bertz CT molecular complexity index is 1180. The molecule has 5 rings (SSSR count). The highest BCUT2D eigenvalue weighted by Crippen LogP contribution is 2.35. The minimum atomic E-state index is 0.300. The normalized spacial score (nSPS) is 18.1. The first-order chi connectivity index (χ1) is 15.9. The minimum absolute atomic E-state index is 0.300. The van der Waals surface area contributed by atoms with Crippen LogP contribution < -0.4 is 4.74 Å². The fourth-order valence-electron chi connectivity index (χ4n) is 4.78. The monoisotopic (exact) mass is 463 g/mol. The van der Waals surface area contributed by atoms with Crippen molar-refractivity contribution in [1.29, 1.82) is 0 Å². The molecule has 1 saturated heterocycles. The molecule has 2 aliphatic rings. The molecule has 0 spiro atoms. The summed E-state index contributed by atoms with van der Waals surface area (Å²) in [5.74, 6) is 2.87. The van der Waals surface area contributed by atoms with E-state index in [1.807, 2.05) is 18.2 Å². The van der Waals surface area contributed by atoms with Gasteiger partial charge in [0, 0.05) is 42.4 Å². The number of benzene rings is 2. The van der Waals surface area contributed by atoms with E-state index in [4.69, 9.17) is 21.3 Å². The fourth-order valence-corrected chi connectivity index (χ4v) is 5.06. The van der Waals surface area contributed by atoms with E-state index in [1.165, 1.54) is 5.69 Å². The van der Waals surface area contributed by atoms with Crippen molar-refractivity contribution in [2.24, 2.45) is 11.8 Å². The first kappa shape index (κ1) is 22.0. The lowest BCUT2D eigenvalue weighted by molar-refractivity contribution is -0.131. The Hall–Kier alpha value is -2.79. The van der Waals surface area contributed by atoms with Gasteiger partial charge in [-0.1, -0.05) is 35.9 Å². The Morgan fingerprint density at radius 3 is 2.48 bits per heavy atom. The Morgan fingerprint density at radius 1 is 1.09 bits per heavy atom. The molecule has 1 unspecified atom stereocenters. The quantitative estimate of drug-likeness (QED) is 0.467. The predicted octanol–water partition coefficient (Wildman–Crippen LogP) is 5.75. The molecular weight excluding hydrogens is 434 g/mol. The van der Waals surface area contributed by atoms with Crippen molar-refractivity contribution in [3.63, 3.8) is 0 Å². The Labute approximate surface area is 200 Å². The van der Waals surface area contributed by atoms with E-state index < -0.39 is 0 Å². The Balaban J connectivity index is 1.37. The molecule has 1 atom stereocenters. The number of carbonyl (C=O) groups is 1. The van der Waals surface area contributed by atoms with Gasteiger partial charge in [0.25, 0.3) is 0 Å². The van der Waals surface area contributed by atoms with Crippen molar-refractivity contribution >= 4 is 17.5 Å². The number of carbonyl (C=O) groups excluding carboxylic acids is 1. The zero-order valence-corrected chi connectivity index (χ0v) is 20.2. The Morgan fingerprint density at radius 2 is 1.82 bits per heavy atom. The number of methoxy groups -OCH3 is 1. The number of aryl methyl sites for hydroxylation is 1. The molecule has 2 heterocycles. The zero-order valence-electron chi connectivity index (χ0n) is 19.5. The lowest BCUT2D eigenvalue weighted by Crippen LogP contribution is -2.30. The maximum Gasteiger partial charge on any atom is 0.225 e. The summed E-state index contributed by atoms with van der Waals surface area (Å²) in [5, 5.41) is 0.668. The number of ether oxygens (including phenoxy) is 1. The van der Waals surface area contributed by atoms with Crippen LogP contribution in [0.1, 0.15) is 30.7 Å². The summed E-state index contributed by atoms with van der Waals surface area (Å²) in [6, 6.07) is 14.2. The van der Waals surface area contributed by atoms with Crippen LogP contribution in [0, 0.1) is 25.7 Å². The lowest BCUT2D eigenvalue weighted by atomic mass is 10.0. The number of rotatable bonds is 6. The first-order valence-electron chi connectivity index (χ1n) is 11.7. The van der Waals surface area contributed by atoms with Crippen molar-refractivity contribution in [3.8, 4) is 28.3 Å². The standard InChI is InChI=1S/C27H30ClN3O2/c1-17-18(2)31(16-19-12-13-30(15-19)27(32)22-8-9-22)26(29-17)21-6-4-20(5-7-21)24-11-10-23(33-3)14-25(24)28/h4-7,10-11,14,19,22H,8-9,12-13,15-16H2,1-3H3. The van der Waals surface area contributed by atoms with Crippen molar-refractivity contribution in [3.05, 3.63) is 58.9 Å². The number of halogens is 1. The minimum Gasteiger partial charge on any atom is -0.497 e. The molecule has 6 heteroatoms. The van der Waals surface area contributed by atoms with Gasteiger partial charge in [0.05, 0.1) is 17.8 Å². The van der Waals surface area contributed by atoms with Crippen molar-refractivity contribution in [1.82, 2.24) is 14.5 Å². The summed E-state index contributed by atoms with van der Waals surface area (Å²) in [7, 11) is 1.64. The van der Waals surface area contributed by atoms with Gasteiger partial charge in [0.15, 0.2) is 0 Å². The maximum atomic E-state index is 12.5. The first-order valence-corrected chi connectivity index (χ1v) is 12.1. The van der Waals surface area contributed by atoms with Gasteiger partial charge in [-0.25, -0.2) is 4.98 Å². The topological polar surface area (TPSA) is 47.4 Å². The molecule has 1 saturated carbocycles. The second-order valence-electron chi connectivity index (χ2n) is 9.35. The highest BCUT2D eigenvalue weighted by molar-refractivity contribution is 6.33. The summed E-state index contributed by atoms with van der Waals surface area (Å²) >= 11 is 6.48. The fraction of sp³-hybridized carbons (Fsp3) is 0.407. The van der Waals surface area contributed by atoms with Crippen molar-refractivity contribution < 1.29 is 9.53 Å². The van der Waals surface area contributed by atoms with Crippen LogP contribution in [0.15, 0.2) is 42.5 Å². The number of aromatic nitrogens is 2. The van der Waals surface area contributed by atoms with Gasteiger partial charge in [-0.05, 0) is 62.8 Å². The average molecular weight is 464 g/mol. The van der Waals surface area contributed by atoms with Crippen LogP contribution in [0.5, 0.6) is 5.75 Å². The van der Waals surface area contributed by atoms with Crippen LogP contribution in [0.3, 0.4) is 0 Å². The summed E-state index contributed by atoms with van der Waals surface area (Å²) in [4.78, 5) is 19.4. The summed E-state index contributed by atoms with van der Waals surface area (Å²) < 4.78 is 7.59. The largest absolute Gasteiger partial charge is 0.497 e. The molecule has 172 valence electrons. The molecule has 1 aromatic heterocycles. The molecule has 5 nitrogen and oxygen atoms in total. The van der Waals surface area contributed by atoms with Gasteiger partial charge in [0.2, 0.25) is 5.91 Å². The maximum absolute atomic E-state index is 12.5. The molecule has 33 heavy (non-hydrogen) atoms. The molecule has 0 N–H and O–H groups in total. The molecular formula is C27H30ClN3O2. The number of nitrogens with zero attached hydrogens (tertiary/aromatic N) is 3. The second-order valence-corrected chi connectivity index (χ2v) is 9.76. The number of hydrogen-bond donors (Lipinski definition) is 0. The number of amides is 1. The average Bonchev–Trinajstić information content (AvgIpc) is 3.51. The third kappa shape index (κ3) is 4.39. The van der Waals surface area contributed by atoms with E-state index in [1.54, 1.807) is 7.11 Å². The van der Waals surface area contributed by atoms with E-state index in [9.17, 15) is 4.79 Å². The summed E-state index contributed by atoms with van der Waals surface area (Å²) in [6.07, 6.45) is 3.20. The van der Waals surface area contributed by atoms with Gasteiger partial charge in [-0.2, -0.15) is 0 Å². The molecule has 3 aromatic rings. The highest BCUT2D eigenvalue weighted by atomic mass is 35.5.